The Labute approximate surface area is 79.3 Å². The molecule has 3 nitrogen and oxygen atoms in total. The lowest BCUT2D eigenvalue weighted by molar-refractivity contribution is 0.397. The summed E-state index contributed by atoms with van der Waals surface area (Å²) in [6, 6.07) is 5.36. The zero-order valence-electron chi connectivity index (χ0n) is 8.59. The first-order chi connectivity index (χ1) is 6.24. The zero-order chi connectivity index (χ0) is 10.3. The second kappa shape index (κ2) is 6.17. The Kier molecular flexibility index (Phi) is 5.52. The van der Waals surface area contributed by atoms with Gasteiger partial charge in [0.15, 0.2) is 0 Å². The Morgan fingerprint density at radius 2 is 2.00 bits per heavy atom. The smallest absolute Gasteiger partial charge is 0.213 e. The van der Waals surface area contributed by atoms with E-state index in [1.54, 1.807) is 26.2 Å². The molecule has 0 bridgehead atoms. The van der Waals surface area contributed by atoms with E-state index in [4.69, 9.17) is 10.1 Å². The van der Waals surface area contributed by atoms with Crippen molar-refractivity contribution >= 4 is 5.71 Å². The van der Waals surface area contributed by atoms with Crippen molar-refractivity contribution in [1.82, 2.24) is 4.98 Å². The fourth-order valence-electron chi connectivity index (χ4n) is 0.737. The molecule has 0 fully saturated rings. The highest BCUT2D eigenvalue weighted by Gasteiger charge is 1.97. The molecule has 0 unspecified atom stereocenters. The molecular formula is C10H16N2O. The second-order valence-corrected chi connectivity index (χ2v) is 2.19. The van der Waals surface area contributed by atoms with Crippen molar-refractivity contribution in [3.63, 3.8) is 0 Å². The Morgan fingerprint density at radius 1 is 1.38 bits per heavy atom. The largest absolute Gasteiger partial charge is 0.481 e. The Balaban J connectivity index is 0.000000671. The van der Waals surface area contributed by atoms with Crippen LogP contribution in [0.1, 0.15) is 26.5 Å². The molecule has 3 heteroatoms. The molecule has 0 atom stereocenters. The first kappa shape index (κ1) is 11.6. The van der Waals surface area contributed by atoms with Crippen molar-refractivity contribution in [3.8, 4) is 5.88 Å². The summed E-state index contributed by atoms with van der Waals surface area (Å²) in [4.78, 5) is 4.04. The van der Waals surface area contributed by atoms with Gasteiger partial charge in [-0.1, -0.05) is 19.9 Å². The predicted molar refractivity (Wildman–Crippen MR) is 54.6 cm³/mol. The highest BCUT2D eigenvalue weighted by Crippen LogP contribution is 2.06. The van der Waals surface area contributed by atoms with E-state index in [2.05, 4.69) is 4.98 Å². The molecule has 0 saturated carbocycles. The van der Waals surface area contributed by atoms with Crippen molar-refractivity contribution in [2.45, 2.75) is 20.8 Å². The summed E-state index contributed by atoms with van der Waals surface area (Å²) >= 11 is 0. The molecule has 0 aromatic carbocycles. The summed E-state index contributed by atoms with van der Waals surface area (Å²) in [6.07, 6.45) is 0. The summed E-state index contributed by atoms with van der Waals surface area (Å²) in [5, 5.41) is 7.29. The number of nitrogens with one attached hydrogen (secondary N) is 1. The van der Waals surface area contributed by atoms with Crippen LogP contribution in [0.15, 0.2) is 18.2 Å². The van der Waals surface area contributed by atoms with Crippen molar-refractivity contribution in [1.29, 1.82) is 5.41 Å². The highest BCUT2D eigenvalue weighted by molar-refractivity contribution is 5.94. The number of hydrogen-bond acceptors (Lipinski definition) is 3. The van der Waals surface area contributed by atoms with Gasteiger partial charge in [0, 0.05) is 6.07 Å². The molecule has 0 spiro atoms. The molecular weight excluding hydrogens is 164 g/mol. The van der Waals surface area contributed by atoms with Gasteiger partial charge in [-0.15, -0.1) is 0 Å². The summed E-state index contributed by atoms with van der Waals surface area (Å²) in [6.45, 7) is 5.70. The summed E-state index contributed by atoms with van der Waals surface area (Å²) in [7, 11) is 1.56. The van der Waals surface area contributed by atoms with Crippen LogP contribution in [0.5, 0.6) is 5.88 Å². The van der Waals surface area contributed by atoms with Crippen molar-refractivity contribution < 1.29 is 4.74 Å². The SMILES string of the molecule is CC.COc1cccc(C(C)=N)n1. The van der Waals surface area contributed by atoms with Gasteiger partial charge in [0.2, 0.25) is 5.88 Å². The number of rotatable bonds is 2. The maximum atomic E-state index is 7.29. The number of methoxy groups -OCH3 is 1. The van der Waals surface area contributed by atoms with Gasteiger partial charge in [-0.3, -0.25) is 0 Å². The van der Waals surface area contributed by atoms with Gasteiger partial charge in [-0.25, -0.2) is 4.98 Å². The normalized spacial score (nSPS) is 8.31. The van der Waals surface area contributed by atoms with Gasteiger partial charge in [0.1, 0.15) is 0 Å². The summed E-state index contributed by atoms with van der Waals surface area (Å²) < 4.78 is 4.90. The monoisotopic (exact) mass is 180 g/mol. The summed E-state index contributed by atoms with van der Waals surface area (Å²) in [5.74, 6) is 0.550. The molecule has 72 valence electrons. The molecule has 1 aromatic rings. The minimum Gasteiger partial charge on any atom is -0.481 e. The van der Waals surface area contributed by atoms with Crippen LogP contribution in [0.3, 0.4) is 0 Å². The molecule has 0 aliphatic carbocycles. The average Bonchev–Trinajstić information content (AvgIpc) is 2.21. The lowest BCUT2D eigenvalue weighted by Crippen LogP contribution is -1.97. The molecule has 0 radical (unpaired) electrons. The van der Waals surface area contributed by atoms with Gasteiger partial charge >= 0.3 is 0 Å². The number of hydrogen-bond donors (Lipinski definition) is 1. The van der Waals surface area contributed by atoms with E-state index in [-0.39, 0.29) is 0 Å². The van der Waals surface area contributed by atoms with Gasteiger partial charge in [-0.05, 0) is 13.0 Å². The Bertz CT molecular complexity index is 271. The fraction of sp³-hybridized carbons (Fsp3) is 0.400. The second-order valence-electron chi connectivity index (χ2n) is 2.19. The molecule has 13 heavy (non-hydrogen) atoms. The van der Waals surface area contributed by atoms with Crippen molar-refractivity contribution in [3.05, 3.63) is 23.9 Å². The molecule has 1 rings (SSSR count). The minimum atomic E-state index is 0.448. The summed E-state index contributed by atoms with van der Waals surface area (Å²) in [5.41, 5.74) is 1.10. The Morgan fingerprint density at radius 3 is 2.46 bits per heavy atom. The third kappa shape index (κ3) is 3.69. The van der Waals surface area contributed by atoms with Crippen LogP contribution in [0.25, 0.3) is 0 Å². The number of nitrogens with zero attached hydrogens (tertiary/aromatic N) is 1. The van der Waals surface area contributed by atoms with Crippen LogP contribution in [0, 0.1) is 5.41 Å². The van der Waals surface area contributed by atoms with Crippen molar-refractivity contribution in [2.75, 3.05) is 7.11 Å². The third-order valence-electron chi connectivity index (χ3n) is 1.32. The number of aromatic nitrogens is 1. The lowest BCUT2D eigenvalue weighted by atomic mass is 10.3. The van der Waals surface area contributed by atoms with Crippen LogP contribution in [-0.4, -0.2) is 17.8 Å². The van der Waals surface area contributed by atoms with E-state index in [9.17, 15) is 0 Å². The van der Waals surface area contributed by atoms with Crippen LogP contribution in [0.4, 0.5) is 0 Å². The van der Waals surface area contributed by atoms with Crippen molar-refractivity contribution in [2.24, 2.45) is 0 Å². The van der Waals surface area contributed by atoms with E-state index >= 15 is 0 Å². The van der Waals surface area contributed by atoms with Crippen LogP contribution < -0.4 is 4.74 Å². The maximum absolute atomic E-state index is 7.29. The lowest BCUT2D eigenvalue weighted by Gasteiger charge is -2.00. The van der Waals surface area contributed by atoms with E-state index in [0.29, 0.717) is 17.3 Å². The molecule has 0 saturated heterocycles. The molecule has 1 aromatic heterocycles. The standard InChI is InChI=1S/C8H10N2O.C2H6/c1-6(9)7-4-3-5-8(10-7)11-2;1-2/h3-5,9H,1-2H3;1-2H3. The third-order valence-corrected chi connectivity index (χ3v) is 1.32. The number of ether oxygens (including phenoxy) is 1. The van der Waals surface area contributed by atoms with Crippen LogP contribution >= 0.6 is 0 Å². The quantitative estimate of drug-likeness (QED) is 0.711. The maximum Gasteiger partial charge on any atom is 0.213 e. The molecule has 0 amide bonds. The first-order valence-corrected chi connectivity index (χ1v) is 4.30. The van der Waals surface area contributed by atoms with E-state index in [1.165, 1.54) is 0 Å². The van der Waals surface area contributed by atoms with Crippen LogP contribution in [0.2, 0.25) is 0 Å². The number of pyridine rings is 1. The molecule has 0 aliphatic rings. The highest BCUT2D eigenvalue weighted by atomic mass is 16.5. The molecule has 0 aliphatic heterocycles. The first-order valence-electron chi connectivity index (χ1n) is 4.30. The molecule has 1 heterocycles. The van der Waals surface area contributed by atoms with E-state index in [1.807, 2.05) is 19.9 Å². The van der Waals surface area contributed by atoms with Gasteiger partial charge in [-0.2, -0.15) is 0 Å². The Hall–Kier alpha value is -1.38. The molecule has 1 N–H and O–H groups in total. The average molecular weight is 180 g/mol. The van der Waals surface area contributed by atoms with E-state index in [0.717, 1.165) is 0 Å². The van der Waals surface area contributed by atoms with Gasteiger partial charge in [0.05, 0.1) is 18.5 Å². The van der Waals surface area contributed by atoms with Gasteiger partial charge in [0.25, 0.3) is 0 Å². The fourth-order valence-corrected chi connectivity index (χ4v) is 0.737. The topological polar surface area (TPSA) is 46.0 Å². The predicted octanol–water partition coefficient (Wildman–Crippen LogP) is 2.50. The van der Waals surface area contributed by atoms with Gasteiger partial charge < -0.3 is 10.1 Å². The minimum absolute atomic E-state index is 0.448. The zero-order valence-corrected chi connectivity index (χ0v) is 8.59. The van der Waals surface area contributed by atoms with Crippen LogP contribution in [-0.2, 0) is 0 Å². The van der Waals surface area contributed by atoms with E-state index < -0.39 is 0 Å².